The van der Waals surface area contributed by atoms with E-state index in [9.17, 15) is 10.1 Å². The monoisotopic (exact) mass is 285 g/mol. The SMILES string of the molecule is C=CCCOCc1ccc(Br)c([N+](=O)[O-])c1. The first-order valence-electron chi connectivity index (χ1n) is 4.76. The summed E-state index contributed by atoms with van der Waals surface area (Å²) < 4.78 is 5.80. The maximum absolute atomic E-state index is 10.7. The molecule has 0 fully saturated rings. The third-order valence-electron chi connectivity index (χ3n) is 1.94. The second-order valence-corrected chi connectivity index (χ2v) is 4.03. The average Bonchev–Trinajstić information content (AvgIpc) is 2.26. The molecule has 16 heavy (non-hydrogen) atoms. The number of halogens is 1. The van der Waals surface area contributed by atoms with E-state index in [1.165, 1.54) is 6.07 Å². The topological polar surface area (TPSA) is 52.4 Å². The van der Waals surface area contributed by atoms with Gasteiger partial charge in [-0.2, -0.15) is 0 Å². The van der Waals surface area contributed by atoms with E-state index in [1.54, 1.807) is 18.2 Å². The lowest BCUT2D eigenvalue weighted by Crippen LogP contribution is -1.96. The summed E-state index contributed by atoms with van der Waals surface area (Å²) in [6.07, 6.45) is 2.54. The third-order valence-corrected chi connectivity index (χ3v) is 2.61. The van der Waals surface area contributed by atoms with Gasteiger partial charge in [0.2, 0.25) is 0 Å². The van der Waals surface area contributed by atoms with Crippen LogP contribution in [0.3, 0.4) is 0 Å². The van der Waals surface area contributed by atoms with Crippen LogP contribution in [0.4, 0.5) is 5.69 Å². The van der Waals surface area contributed by atoms with Crippen LogP contribution in [-0.4, -0.2) is 11.5 Å². The molecule has 0 aliphatic rings. The summed E-state index contributed by atoms with van der Waals surface area (Å²) in [7, 11) is 0. The lowest BCUT2D eigenvalue weighted by Gasteiger charge is -2.03. The van der Waals surface area contributed by atoms with Crippen LogP contribution >= 0.6 is 15.9 Å². The van der Waals surface area contributed by atoms with E-state index in [1.807, 2.05) is 0 Å². The molecule has 0 bridgehead atoms. The van der Waals surface area contributed by atoms with Gasteiger partial charge in [0.1, 0.15) is 0 Å². The largest absolute Gasteiger partial charge is 0.376 e. The first kappa shape index (κ1) is 12.9. The molecule has 0 heterocycles. The molecule has 0 atom stereocenters. The van der Waals surface area contributed by atoms with Gasteiger partial charge in [0, 0.05) is 6.07 Å². The minimum Gasteiger partial charge on any atom is -0.376 e. The van der Waals surface area contributed by atoms with Crippen LogP contribution < -0.4 is 0 Å². The fourth-order valence-corrected chi connectivity index (χ4v) is 1.54. The number of ether oxygens (including phenoxy) is 1. The Morgan fingerprint density at radius 2 is 2.31 bits per heavy atom. The molecule has 0 saturated carbocycles. The summed E-state index contributed by atoms with van der Waals surface area (Å²) >= 11 is 3.13. The van der Waals surface area contributed by atoms with Gasteiger partial charge in [-0.05, 0) is 34.0 Å². The molecule has 1 aromatic rings. The van der Waals surface area contributed by atoms with Gasteiger partial charge in [-0.15, -0.1) is 6.58 Å². The predicted molar refractivity (Wildman–Crippen MR) is 65.3 cm³/mol. The number of nitro benzene ring substituents is 1. The summed E-state index contributed by atoms with van der Waals surface area (Å²) in [5, 5.41) is 10.7. The summed E-state index contributed by atoms with van der Waals surface area (Å²) in [5.74, 6) is 0. The van der Waals surface area contributed by atoms with Crippen LogP contribution in [0.25, 0.3) is 0 Å². The minimum absolute atomic E-state index is 0.0600. The van der Waals surface area contributed by atoms with E-state index in [-0.39, 0.29) is 5.69 Å². The molecule has 0 amide bonds. The molecule has 0 aliphatic heterocycles. The van der Waals surface area contributed by atoms with Crippen LogP contribution in [0.2, 0.25) is 0 Å². The zero-order valence-corrected chi connectivity index (χ0v) is 10.3. The fraction of sp³-hybridized carbons (Fsp3) is 0.273. The molecule has 0 spiro atoms. The molecule has 1 rings (SSSR count). The maximum Gasteiger partial charge on any atom is 0.283 e. The molecular weight excluding hydrogens is 274 g/mol. The van der Waals surface area contributed by atoms with Gasteiger partial charge in [0.25, 0.3) is 5.69 Å². The Morgan fingerprint density at radius 3 is 2.94 bits per heavy atom. The number of hydrogen-bond acceptors (Lipinski definition) is 3. The van der Waals surface area contributed by atoms with Crippen LogP contribution in [0, 0.1) is 10.1 Å². The Kier molecular flexibility index (Phi) is 5.14. The number of benzene rings is 1. The van der Waals surface area contributed by atoms with Gasteiger partial charge in [-0.1, -0.05) is 12.1 Å². The Bertz CT molecular complexity index is 393. The van der Waals surface area contributed by atoms with E-state index >= 15 is 0 Å². The van der Waals surface area contributed by atoms with Gasteiger partial charge in [-0.3, -0.25) is 10.1 Å². The summed E-state index contributed by atoms with van der Waals surface area (Å²) in [6, 6.07) is 4.97. The van der Waals surface area contributed by atoms with Gasteiger partial charge in [0.05, 0.1) is 22.6 Å². The van der Waals surface area contributed by atoms with Crippen molar-refractivity contribution in [2.24, 2.45) is 0 Å². The van der Waals surface area contributed by atoms with E-state index in [2.05, 4.69) is 22.5 Å². The van der Waals surface area contributed by atoms with Crippen LogP contribution in [-0.2, 0) is 11.3 Å². The Labute approximate surface area is 102 Å². The average molecular weight is 286 g/mol. The third kappa shape index (κ3) is 3.75. The Balaban J connectivity index is 2.64. The first-order valence-corrected chi connectivity index (χ1v) is 5.56. The quantitative estimate of drug-likeness (QED) is 0.348. The number of nitro groups is 1. The fourth-order valence-electron chi connectivity index (χ4n) is 1.14. The molecule has 1 aromatic carbocycles. The van der Waals surface area contributed by atoms with Crippen molar-refractivity contribution < 1.29 is 9.66 Å². The van der Waals surface area contributed by atoms with Gasteiger partial charge >= 0.3 is 0 Å². The van der Waals surface area contributed by atoms with Crippen molar-refractivity contribution in [1.82, 2.24) is 0 Å². The second-order valence-electron chi connectivity index (χ2n) is 3.17. The lowest BCUT2D eigenvalue weighted by atomic mass is 10.2. The molecule has 0 N–H and O–H groups in total. The highest BCUT2D eigenvalue weighted by molar-refractivity contribution is 9.10. The van der Waals surface area contributed by atoms with Crippen molar-refractivity contribution in [3.8, 4) is 0 Å². The molecule has 0 radical (unpaired) electrons. The molecule has 4 nitrogen and oxygen atoms in total. The normalized spacial score (nSPS) is 10.1. The number of rotatable bonds is 6. The predicted octanol–water partition coefficient (Wildman–Crippen LogP) is 3.45. The Morgan fingerprint density at radius 1 is 1.56 bits per heavy atom. The van der Waals surface area contributed by atoms with Gasteiger partial charge in [0.15, 0.2) is 0 Å². The number of hydrogen-bond donors (Lipinski definition) is 0. The summed E-state index contributed by atoms with van der Waals surface area (Å²) in [5.41, 5.74) is 0.851. The van der Waals surface area contributed by atoms with Crippen LogP contribution in [0.5, 0.6) is 0 Å². The standard InChI is InChI=1S/C11H12BrNO3/c1-2-3-6-16-8-9-4-5-10(12)11(7-9)13(14)15/h2,4-5,7H,1,3,6,8H2. The maximum atomic E-state index is 10.7. The molecule has 5 heteroatoms. The first-order chi connectivity index (χ1) is 7.65. The van der Waals surface area contributed by atoms with Crippen molar-refractivity contribution in [2.75, 3.05) is 6.61 Å². The smallest absolute Gasteiger partial charge is 0.283 e. The minimum atomic E-state index is -0.419. The zero-order valence-electron chi connectivity index (χ0n) is 8.69. The molecule has 0 unspecified atom stereocenters. The summed E-state index contributed by atoms with van der Waals surface area (Å²) in [6.45, 7) is 4.53. The second kappa shape index (κ2) is 6.40. The summed E-state index contributed by atoms with van der Waals surface area (Å²) in [4.78, 5) is 10.3. The molecule has 86 valence electrons. The van der Waals surface area contributed by atoms with E-state index < -0.39 is 4.92 Å². The number of nitrogens with zero attached hydrogens (tertiary/aromatic N) is 1. The Hall–Kier alpha value is -1.20. The van der Waals surface area contributed by atoms with E-state index in [0.29, 0.717) is 17.7 Å². The van der Waals surface area contributed by atoms with Crippen molar-refractivity contribution >= 4 is 21.6 Å². The highest BCUT2D eigenvalue weighted by Crippen LogP contribution is 2.25. The highest BCUT2D eigenvalue weighted by atomic mass is 79.9. The zero-order chi connectivity index (χ0) is 12.0. The molecule has 0 aromatic heterocycles. The molecule has 0 aliphatic carbocycles. The van der Waals surface area contributed by atoms with Gasteiger partial charge in [-0.25, -0.2) is 0 Å². The van der Waals surface area contributed by atoms with Gasteiger partial charge < -0.3 is 4.74 Å². The van der Waals surface area contributed by atoms with E-state index in [0.717, 1.165) is 12.0 Å². The molecular formula is C11H12BrNO3. The van der Waals surface area contributed by atoms with Crippen molar-refractivity contribution in [1.29, 1.82) is 0 Å². The lowest BCUT2D eigenvalue weighted by molar-refractivity contribution is -0.385. The van der Waals surface area contributed by atoms with Crippen molar-refractivity contribution in [3.05, 3.63) is 51.0 Å². The van der Waals surface area contributed by atoms with E-state index in [4.69, 9.17) is 4.74 Å². The van der Waals surface area contributed by atoms with Crippen molar-refractivity contribution in [2.45, 2.75) is 13.0 Å². The van der Waals surface area contributed by atoms with Crippen LogP contribution in [0.1, 0.15) is 12.0 Å². The highest BCUT2D eigenvalue weighted by Gasteiger charge is 2.11. The molecule has 0 saturated heterocycles. The van der Waals surface area contributed by atoms with Crippen molar-refractivity contribution in [3.63, 3.8) is 0 Å². The van der Waals surface area contributed by atoms with Crippen LogP contribution in [0.15, 0.2) is 35.3 Å².